The molecule has 210 valence electrons. The Morgan fingerprint density at radius 2 is 1.90 bits per heavy atom. The fraction of sp³-hybridized carbons (Fsp3) is 0.393. The van der Waals surface area contributed by atoms with Crippen LogP contribution in [0.1, 0.15) is 32.6 Å². The number of rotatable bonds is 9. The van der Waals surface area contributed by atoms with Gasteiger partial charge in [0.1, 0.15) is 18.5 Å². The predicted molar refractivity (Wildman–Crippen MR) is 139 cm³/mol. The molecule has 0 spiro atoms. The fourth-order valence-electron chi connectivity index (χ4n) is 3.83. The number of aromatic nitrogens is 2. The third-order valence-corrected chi connectivity index (χ3v) is 6.32. The molecule has 1 aromatic heterocycles. The van der Waals surface area contributed by atoms with Gasteiger partial charge in [-0.25, -0.2) is 9.18 Å². The summed E-state index contributed by atoms with van der Waals surface area (Å²) in [6.07, 6.45) is -2.53. The molecule has 10 nitrogen and oxygen atoms in total. The summed E-state index contributed by atoms with van der Waals surface area (Å²) in [6, 6.07) is 22.1. The van der Waals surface area contributed by atoms with Crippen LogP contribution in [0.25, 0.3) is 0 Å². The van der Waals surface area contributed by atoms with Crippen LogP contribution in [-0.4, -0.2) is 46.4 Å². The van der Waals surface area contributed by atoms with Gasteiger partial charge >= 0.3 is 80.6 Å². The van der Waals surface area contributed by atoms with Crippen molar-refractivity contribution < 1.29 is 97.4 Å². The van der Waals surface area contributed by atoms with E-state index in [9.17, 15) is 14.7 Å². The van der Waals surface area contributed by atoms with Crippen LogP contribution in [0, 0.1) is 12.0 Å². The molecule has 12 heteroatoms. The van der Waals surface area contributed by atoms with E-state index in [0.717, 1.165) is 10.1 Å². The Hall–Kier alpha value is -1.59. The van der Waals surface area contributed by atoms with Gasteiger partial charge < -0.3 is 25.1 Å². The predicted octanol–water partition coefficient (Wildman–Crippen LogP) is -1.04. The topological polar surface area (TPSA) is 141 Å². The van der Waals surface area contributed by atoms with Crippen molar-refractivity contribution in [2.75, 3.05) is 12.3 Å². The van der Waals surface area contributed by atoms with Crippen LogP contribution in [0.15, 0.2) is 77.7 Å². The number of hydrogen-bond acceptors (Lipinski definition) is 9. The van der Waals surface area contributed by atoms with E-state index >= 15 is 4.39 Å². The van der Waals surface area contributed by atoms with E-state index in [1.165, 1.54) is 26.1 Å². The van der Waals surface area contributed by atoms with Gasteiger partial charge in [0.05, 0.1) is 12.7 Å². The van der Waals surface area contributed by atoms with Crippen LogP contribution in [0.4, 0.5) is 10.2 Å². The third kappa shape index (κ3) is 10.0. The first-order chi connectivity index (χ1) is 18.6. The van der Waals surface area contributed by atoms with Crippen LogP contribution in [0.2, 0.25) is 0 Å². The van der Waals surface area contributed by atoms with Crippen LogP contribution in [-0.2, 0) is 25.6 Å². The number of nitrogens with two attached hydrogens (primary N) is 1. The Bertz CT molecular complexity index is 1210. The summed E-state index contributed by atoms with van der Waals surface area (Å²) in [7, 11) is 0. The molecule has 0 aliphatic carbocycles. The number of alkyl halides is 1. The molecular formula is C28H33CsFN4O6-. The van der Waals surface area contributed by atoms with E-state index in [1.54, 1.807) is 6.92 Å². The summed E-state index contributed by atoms with van der Waals surface area (Å²) in [5, 5.41) is 14.7. The zero-order chi connectivity index (χ0) is 28.4. The van der Waals surface area contributed by atoms with Gasteiger partial charge in [-0.15, -0.1) is 0 Å². The van der Waals surface area contributed by atoms with Crippen molar-refractivity contribution in [2.45, 2.75) is 57.8 Å². The van der Waals surface area contributed by atoms with E-state index < -0.39 is 48.0 Å². The monoisotopic (exact) mass is 673 g/mol. The van der Waals surface area contributed by atoms with Crippen LogP contribution < -0.4 is 90.7 Å². The molecule has 4 rings (SSSR count). The molecule has 0 radical (unpaired) electrons. The zero-order valence-corrected chi connectivity index (χ0v) is 29.3. The van der Waals surface area contributed by atoms with E-state index in [1.807, 2.05) is 60.7 Å². The first-order valence-electron chi connectivity index (χ1n) is 12.4. The van der Waals surface area contributed by atoms with Gasteiger partial charge in [-0.05, 0) is 25.5 Å². The molecule has 3 aromatic rings. The van der Waals surface area contributed by atoms with Crippen molar-refractivity contribution in [3.05, 3.63) is 95.0 Å². The third-order valence-electron chi connectivity index (χ3n) is 6.32. The largest absolute Gasteiger partial charge is 1.00 e. The van der Waals surface area contributed by atoms with Gasteiger partial charge in [0.2, 0.25) is 0 Å². The number of nitrogen functional groups attached to an aromatic ring is 1. The summed E-state index contributed by atoms with van der Waals surface area (Å²) >= 11 is 0. The Labute approximate surface area is 291 Å². The van der Waals surface area contributed by atoms with Crippen LogP contribution >= 0.6 is 0 Å². The van der Waals surface area contributed by atoms with E-state index in [-0.39, 0.29) is 87.9 Å². The van der Waals surface area contributed by atoms with E-state index in [2.05, 4.69) is 16.4 Å². The van der Waals surface area contributed by atoms with Crippen molar-refractivity contribution in [2.24, 2.45) is 5.92 Å². The van der Waals surface area contributed by atoms with Crippen molar-refractivity contribution in [1.29, 1.82) is 0 Å². The first kappa shape index (κ1) is 34.6. The summed E-state index contributed by atoms with van der Waals surface area (Å²) in [5.41, 5.74) is 3.62. The molecule has 2 aromatic carbocycles. The van der Waals surface area contributed by atoms with Crippen LogP contribution in [0.3, 0.4) is 0 Å². The minimum absolute atomic E-state index is 0. The zero-order valence-electron chi connectivity index (χ0n) is 23.0. The number of nitrogens with one attached hydrogen (secondary N) is 1. The maximum atomic E-state index is 15.4. The minimum Gasteiger partial charge on any atom is -0.819 e. The molecule has 2 unspecified atom stereocenters. The van der Waals surface area contributed by atoms with Crippen molar-refractivity contribution >= 4 is 11.8 Å². The Morgan fingerprint density at radius 3 is 2.48 bits per heavy atom. The SMILES string of the molecule is C[C@H](NC([O-])OC[C@H]1O[C@@H](n2ccc(N)nc2=O)C(C)(F)[C@@H]1C)C(=O)OCc1ccccc1.[Cs+].[c-]1ccccc1. The smallest absolute Gasteiger partial charge is 0.819 e. The fourth-order valence-corrected chi connectivity index (χ4v) is 3.83. The molecule has 1 saturated heterocycles. The van der Waals surface area contributed by atoms with Crippen molar-refractivity contribution in [3.63, 3.8) is 0 Å². The molecule has 3 N–H and O–H groups in total. The normalized spacial score (nSPS) is 23.2. The Morgan fingerprint density at radius 1 is 1.25 bits per heavy atom. The van der Waals surface area contributed by atoms with Gasteiger partial charge in [-0.2, -0.15) is 41.4 Å². The quantitative estimate of drug-likeness (QED) is 0.166. The summed E-state index contributed by atoms with van der Waals surface area (Å²) in [6.45, 7) is 4.22. The van der Waals surface area contributed by atoms with Gasteiger partial charge in [0.15, 0.2) is 11.9 Å². The van der Waals surface area contributed by atoms with E-state index in [0.29, 0.717) is 0 Å². The molecule has 0 amide bonds. The number of esters is 1. The first-order valence-corrected chi connectivity index (χ1v) is 12.4. The molecule has 1 fully saturated rings. The second-order valence-corrected chi connectivity index (χ2v) is 9.23. The Balaban J connectivity index is 0.000000707. The number of carbonyl (C=O) groups excluding carboxylic acids is 1. The van der Waals surface area contributed by atoms with Gasteiger partial charge in [0.25, 0.3) is 0 Å². The maximum Gasteiger partial charge on any atom is 1.00 e. The second-order valence-electron chi connectivity index (χ2n) is 9.23. The van der Waals surface area contributed by atoms with Gasteiger partial charge in [-0.3, -0.25) is 14.7 Å². The number of halogens is 1. The average Bonchev–Trinajstić information content (AvgIpc) is 3.16. The molecule has 6 atom stereocenters. The second kappa shape index (κ2) is 16.8. The number of carbonyl (C=O) groups is 1. The summed E-state index contributed by atoms with van der Waals surface area (Å²) in [5.74, 6) is -1.30. The molecular weight excluding hydrogens is 640 g/mol. The van der Waals surface area contributed by atoms with Gasteiger partial charge in [-0.1, -0.05) is 37.3 Å². The molecule has 2 heterocycles. The number of hydrogen-bond donors (Lipinski definition) is 2. The summed E-state index contributed by atoms with van der Waals surface area (Å²) in [4.78, 5) is 27.8. The number of nitrogens with zero attached hydrogens (tertiary/aromatic N) is 2. The van der Waals surface area contributed by atoms with Crippen molar-refractivity contribution in [1.82, 2.24) is 14.9 Å². The van der Waals surface area contributed by atoms with Crippen LogP contribution in [0.5, 0.6) is 0 Å². The molecule has 40 heavy (non-hydrogen) atoms. The maximum absolute atomic E-state index is 15.4. The average molecular weight is 673 g/mol. The molecule has 1 aliphatic heterocycles. The molecule has 0 saturated carbocycles. The number of benzene rings is 2. The summed E-state index contributed by atoms with van der Waals surface area (Å²) < 4.78 is 32.5. The molecule has 1 aliphatic rings. The molecule has 0 bridgehead atoms. The standard InChI is InChI=1S/C22H28FN4O6.C6H5.Cs/c1-13-16(33-19(22(13,3)23)27-10-9-17(24)26-20(27)29)12-32-21(30)25-14(2)18(28)31-11-15-7-5-4-6-8-15;1-2-4-6-5-3-1;/h4-10,13-14,16,19,21,25H,11-12H2,1-3H3,(H2,24,26,29);1-5H;/q2*-1;+1/t13-,14+,16-,19-,21?,22?;;/m1../s1. The van der Waals surface area contributed by atoms with Gasteiger partial charge in [0, 0.05) is 18.5 Å². The minimum atomic E-state index is -1.93. The number of ether oxygens (including phenoxy) is 3. The van der Waals surface area contributed by atoms with Crippen molar-refractivity contribution in [3.8, 4) is 0 Å². The number of anilines is 1. The Kier molecular flexibility index (Phi) is 14.5. The van der Waals surface area contributed by atoms with E-state index in [4.69, 9.17) is 19.9 Å².